The van der Waals surface area contributed by atoms with Gasteiger partial charge in [0.2, 0.25) is 5.88 Å². The molecule has 14 heavy (non-hydrogen) atoms. The van der Waals surface area contributed by atoms with Crippen LogP contribution in [-0.2, 0) is 0 Å². The largest absolute Gasteiger partial charge is 0.481 e. The lowest BCUT2D eigenvalue weighted by atomic mass is 10.2. The summed E-state index contributed by atoms with van der Waals surface area (Å²) in [4.78, 5) is 8.25. The van der Waals surface area contributed by atoms with Crippen molar-refractivity contribution in [3.8, 4) is 11.9 Å². The van der Waals surface area contributed by atoms with E-state index in [9.17, 15) is 0 Å². The smallest absolute Gasteiger partial charge is 0.320 e. The van der Waals surface area contributed by atoms with E-state index in [-0.39, 0.29) is 6.10 Å². The normalized spacial score (nSPS) is 16.1. The van der Waals surface area contributed by atoms with Crippen LogP contribution in [0.4, 0.5) is 0 Å². The lowest BCUT2D eigenvalue weighted by Gasteiger charge is -2.26. The van der Waals surface area contributed by atoms with Crippen LogP contribution in [0.25, 0.3) is 0 Å². The monoisotopic (exact) mass is 195 g/mol. The number of hydrogen-bond donors (Lipinski definition) is 1. The number of ether oxygens (including phenoxy) is 2. The van der Waals surface area contributed by atoms with E-state index in [0.29, 0.717) is 11.9 Å². The Kier molecular flexibility index (Phi) is 2.49. The molecular weight excluding hydrogens is 182 g/mol. The molecule has 5 heteroatoms. The third kappa shape index (κ3) is 1.93. The first-order valence-corrected chi connectivity index (χ1v) is 4.55. The number of aryl methyl sites for hydroxylation is 1. The van der Waals surface area contributed by atoms with Gasteiger partial charge in [0.25, 0.3) is 0 Å². The Labute approximate surface area is 82.5 Å². The van der Waals surface area contributed by atoms with Gasteiger partial charge in [0.05, 0.1) is 7.11 Å². The van der Waals surface area contributed by atoms with E-state index < -0.39 is 0 Å². The minimum atomic E-state index is 0.196. The van der Waals surface area contributed by atoms with Gasteiger partial charge < -0.3 is 14.8 Å². The minimum Gasteiger partial charge on any atom is -0.481 e. The quantitative estimate of drug-likeness (QED) is 0.743. The van der Waals surface area contributed by atoms with Crippen LogP contribution in [0.1, 0.15) is 5.69 Å². The van der Waals surface area contributed by atoms with E-state index >= 15 is 0 Å². The number of aromatic nitrogens is 2. The molecule has 2 heterocycles. The number of hydrogen-bond acceptors (Lipinski definition) is 5. The molecule has 1 aromatic rings. The van der Waals surface area contributed by atoms with Crippen LogP contribution < -0.4 is 14.8 Å². The van der Waals surface area contributed by atoms with Gasteiger partial charge in [0.1, 0.15) is 6.10 Å². The summed E-state index contributed by atoms with van der Waals surface area (Å²) in [5, 5.41) is 3.11. The van der Waals surface area contributed by atoms with Crippen molar-refractivity contribution in [2.24, 2.45) is 0 Å². The molecule has 2 rings (SSSR count). The predicted molar refractivity (Wildman–Crippen MR) is 50.6 cm³/mol. The second-order valence-corrected chi connectivity index (χ2v) is 3.23. The van der Waals surface area contributed by atoms with Crippen molar-refractivity contribution in [2.75, 3.05) is 20.2 Å². The van der Waals surface area contributed by atoms with Crippen LogP contribution in [0, 0.1) is 6.92 Å². The molecule has 1 aliphatic rings. The molecule has 1 N–H and O–H groups in total. The summed E-state index contributed by atoms with van der Waals surface area (Å²) in [7, 11) is 1.58. The fourth-order valence-corrected chi connectivity index (χ4v) is 1.17. The average Bonchev–Trinajstić information content (AvgIpc) is 2.10. The van der Waals surface area contributed by atoms with Crippen molar-refractivity contribution in [1.82, 2.24) is 15.3 Å². The lowest BCUT2D eigenvalue weighted by molar-refractivity contribution is 0.128. The SMILES string of the molecule is COc1cc(C)nc(OC2CNC2)n1. The van der Waals surface area contributed by atoms with E-state index in [2.05, 4.69) is 15.3 Å². The highest BCUT2D eigenvalue weighted by Gasteiger charge is 2.19. The van der Waals surface area contributed by atoms with Crippen molar-refractivity contribution in [1.29, 1.82) is 0 Å². The number of nitrogens with zero attached hydrogens (tertiary/aromatic N) is 2. The zero-order valence-electron chi connectivity index (χ0n) is 8.28. The predicted octanol–water partition coefficient (Wildman–Crippen LogP) is 0.144. The van der Waals surface area contributed by atoms with E-state index in [1.807, 2.05) is 6.92 Å². The molecule has 0 amide bonds. The third-order valence-electron chi connectivity index (χ3n) is 2.04. The molecule has 1 aliphatic heterocycles. The van der Waals surface area contributed by atoms with Crippen LogP contribution in [-0.4, -0.2) is 36.3 Å². The molecule has 5 nitrogen and oxygen atoms in total. The first-order chi connectivity index (χ1) is 6.78. The van der Waals surface area contributed by atoms with Crippen LogP contribution in [0.15, 0.2) is 6.07 Å². The molecule has 76 valence electrons. The van der Waals surface area contributed by atoms with Gasteiger partial charge in [0.15, 0.2) is 0 Å². The summed E-state index contributed by atoms with van der Waals surface area (Å²) in [5.41, 5.74) is 0.846. The fraction of sp³-hybridized carbons (Fsp3) is 0.556. The molecule has 0 atom stereocenters. The zero-order valence-corrected chi connectivity index (χ0v) is 8.28. The second-order valence-electron chi connectivity index (χ2n) is 3.23. The maximum atomic E-state index is 5.51. The van der Waals surface area contributed by atoms with Gasteiger partial charge in [-0.05, 0) is 6.92 Å². The molecule has 0 spiro atoms. The van der Waals surface area contributed by atoms with Gasteiger partial charge in [-0.15, -0.1) is 0 Å². The maximum Gasteiger partial charge on any atom is 0.320 e. The average molecular weight is 195 g/mol. The molecule has 1 aromatic heterocycles. The summed E-state index contributed by atoms with van der Waals surface area (Å²) >= 11 is 0. The lowest BCUT2D eigenvalue weighted by Crippen LogP contribution is -2.50. The summed E-state index contributed by atoms with van der Waals surface area (Å²) in [6.07, 6.45) is 0.196. The highest BCUT2D eigenvalue weighted by atomic mass is 16.5. The Balaban J connectivity index is 2.11. The number of methoxy groups -OCH3 is 1. The summed E-state index contributed by atoms with van der Waals surface area (Å²) in [6.45, 7) is 3.61. The Hall–Kier alpha value is -1.36. The van der Waals surface area contributed by atoms with Crippen LogP contribution in [0.5, 0.6) is 11.9 Å². The van der Waals surface area contributed by atoms with Gasteiger partial charge in [-0.2, -0.15) is 4.98 Å². The molecule has 1 saturated heterocycles. The zero-order chi connectivity index (χ0) is 9.97. The van der Waals surface area contributed by atoms with Gasteiger partial charge in [-0.3, -0.25) is 0 Å². The van der Waals surface area contributed by atoms with Crippen LogP contribution in [0.3, 0.4) is 0 Å². The van der Waals surface area contributed by atoms with Crippen molar-refractivity contribution < 1.29 is 9.47 Å². The fourth-order valence-electron chi connectivity index (χ4n) is 1.17. The van der Waals surface area contributed by atoms with E-state index in [4.69, 9.17) is 9.47 Å². The van der Waals surface area contributed by atoms with Crippen molar-refractivity contribution >= 4 is 0 Å². The molecule has 0 aliphatic carbocycles. The topological polar surface area (TPSA) is 56.3 Å². The van der Waals surface area contributed by atoms with E-state index in [1.54, 1.807) is 13.2 Å². The third-order valence-corrected chi connectivity index (χ3v) is 2.04. The molecule has 0 bridgehead atoms. The second kappa shape index (κ2) is 3.79. The van der Waals surface area contributed by atoms with Gasteiger partial charge in [-0.1, -0.05) is 0 Å². The first kappa shape index (κ1) is 9.21. The molecule has 0 saturated carbocycles. The number of nitrogens with one attached hydrogen (secondary N) is 1. The molecule has 1 fully saturated rings. The Bertz CT molecular complexity index is 326. The molecule has 0 radical (unpaired) electrons. The van der Waals surface area contributed by atoms with Crippen LogP contribution >= 0.6 is 0 Å². The molecule has 0 unspecified atom stereocenters. The standard InChI is InChI=1S/C9H13N3O2/c1-6-3-8(13-2)12-9(11-6)14-7-4-10-5-7/h3,7,10H,4-5H2,1-2H3. The summed E-state index contributed by atoms with van der Waals surface area (Å²) in [6, 6.07) is 2.17. The Morgan fingerprint density at radius 3 is 2.79 bits per heavy atom. The Morgan fingerprint density at radius 2 is 2.21 bits per heavy atom. The van der Waals surface area contributed by atoms with Gasteiger partial charge in [-0.25, -0.2) is 4.98 Å². The number of rotatable bonds is 3. The van der Waals surface area contributed by atoms with E-state index in [0.717, 1.165) is 18.8 Å². The summed E-state index contributed by atoms with van der Waals surface area (Å²) in [5.74, 6) is 0.541. The molecule has 0 aromatic carbocycles. The first-order valence-electron chi connectivity index (χ1n) is 4.55. The maximum absolute atomic E-state index is 5.51. The van der Waals surface area contributed by atoms with Crippen molar-refractivity contribution in [2.45, 2.75) is 13.0 Å². The highest BCUT2D eigenvalue weighted by molar-refractivity contribution is 5.17. The van der Waals surface area contributed by atoms with Crippen molar-refractivity contribution in [3.05, 3.63) is 11.8 Å². The van der Waals surface area contributed by atoms with Gasteiger partial charge >= 0.3 is 6.01 Å². The molecular formula is C9H13N3O2. The van der Waals surface area contributed by atoms with Crippen LogP contribution in [0.2, 0.25) is 0 Å². The van der Waals surface area contributed by atoms with E-state index in [1.165, 1.54) is 0 Å². The summed E-state index contributed by atoms with van der Waals surface area (Å²) < 4.78 is 10.5. The minimum absolute atomic E-state index is 0.196. The highest BCUT2D eigenvalue weighted by Crippen LogP contribution is 2.14. The Morgan fingerprint density at radius 1 is 1.43 bits per heavy atom. The van der Waals surface area contributed by atoms with Gasteiger partial charge in [0, 0.05) is 24.8 Å². The van der Waals surface area contributed by atoms with Crippen molar-refractivity contribution in [3.63, 3.8) is 0 Å².